The van der Waals surface area contributed by atoms with Gasteiger partial charge in [0.15, 0.2) is 5.65 Å². The molecule has 10 heteroatoms. The van der Waals surface area contributed by atoms with E-state index in [1.165, 1.54) is 11.2 Å². The Balaban J connectivity index is 1.57. The maximum atomic E-state index is 12.2. The summed E-state index contributed by atoms with van der Waals surface area (Å²) in [4.78, 5) is 35.3. The lowest BCUT2D eigenvalue weighted by Gasteiger charge is -2.11. The Morgan fingerprint density at radius 2 is 1.65 bits per heavy atom. The van der Waals surface area contributed by atoms with Crippen LogP contribution in [-0.4, -0.2) is 59.6 Å². The summed E-state index contributed by atoms with van der Waals surface area (Å²) >= 11 is 0. The van der Waals surface area contributed by atoms with Gasteiger partial charge in [-0.1, -0.05) is 0 Å². The molecule has 0 saturated carbocycles. The van der Waals surface area contributed by atoms with Crippen molar-refractivity contribution in [1.29, 1.82) is 0 Å². The first-order valence-electron chi connectivity index (χ1n) is 10.4. The van der Waals surface area contributed by atoms with Gasteiger partial charge < -0.3 is 10.6 Å². The first-order valence-corrected chi connectivity index (χ1v) is 10.4. The molecule has 0 radical (unpaired) electrons. The van der Waals surface area contributed by atoms with Gasteiger partial charge >= 0.3 is 0 Å². The van der Waals surface area contributed by atoms with Gasteiger partial charge in [-0.05, 0) is 24.3 Å². The van der Waals surface area contributed by atoms with E-state index in [1.807, 2.05) is 19.2 Å². The normalized spacial score (nSPS) is 11.0. The zero-order valence-corrected chi connectivity index (χ0v) is 18.8. The predicted molar refractivity (Wildman–Crippen MR) is 128 cm³/mol. The number of anilines is 1. The van der Waals surface area contributed by atoms with Gasteiger partial charge in [0.25, 0.3) is 5.91 Å². The molecule has 2 N–H and O–H groups in total. The van der Waals surface area contributed by atoms with Crippen molar-refractivity contribution < 1.29 is 4.79 Å². The molecule has 5 rings (SSSR count). The lowest BCUT2D eigenvalue weighted by Crippen LogP contribution is -2.21. The van der Waals surface area contributed by atoms with Crippen LogP contribution in [0.4, 0.5) is 5.82 Å². The van der Waals surface area contributed by atoms with Gasteiger partial charge in [-0.3, -0.25) is 9.78 Å². The van der Waals surface area contributed by atoms with Gasteiger partial charge in [0.05, 0.1) is 11.3 Å². The number of pyridine rings is 3. The summed E-state index contributed by atoms with van der Waals surface area (Å²) in [5.41, 5.74) is 11.9. The van der Waals surface area contributed by atoms with Gasteiger partial charge in [-0.15, -0.1) is 0 Å². The molecule has 0 aliphatic rings. The van der Waals surface area contributed by atoms with Crippen molar-refractivity contribution in [1.82, 2.24) is 39.6 Å². The second-order valence-electron chi connectivity index (χ2n) is 7.98. The Kier molecular flexibility index (Phi) is 5.17. The van der Waals surface area contributed by atoms with Crippen molar-refractivity contribution in [2.45, 2.75) is 0 Å². The SMILES string of the molecule is CN(C)C(=O)c1ccc(-c2cc(-c3cnc4c(c3)c(-c3cncnc3)nn4C)cnc2N)nc1. The van der Waals surface area contributed by atoms with Crippen molar-refractivity contribution in [3.05, 3.63) is 67.1 Å². The van der Waals surface area contributed by atoms with E-state index < -0.39 is 0 Å². The molecule has 1 amide bonds. The molecule has 0 saturated heterocycles. The van der Waals surface area contributed by atoms with Crippen LogP contribution >= 0.6 is 0 Å². The van der Waals surface area contributed by atoms with Crippen molar-refractivity contribution in [2.24, 2.45) is 7.05 Å². The average Bonchev–Trinajstić information content (AvgIpc) is 3.20. The van der Waals surface area contributed by atoms with Crippen molar-refractivity contribution in [3.63, 3.8) is 0 Å². The maximum absolute atomic E-state index is 12.2. The van der Waals surface area contributed by atoms with Crippen molar-refractivity contribution in [2.75, 3.05) is 19.8 Å². The molecule has 5 aromatic rings. The highest BCUT2D eigenvalue weighted by molar-refractivity contribution is 5.95. The molecule has 10 nitrogen and oxygen atoms in total. The van der Waals surface area contributed by atoms with Crippen LogP contribution in [0.15, 0.2) is 61.6 Å². The molecule has 34 heavy (non-hydrogen) atoms. The predicted octanol–water partition coefficient (Wildman–Crippen LogP) is 2.83. The second-order valence-corrected chi connectivity index (χ2v) is 7.98. The van der Waals surface area contributed by atoms with E-state index in [0.29, 0.717) is 22.6 Å². The molecular weight excluding hydrogens is 430 g/mol. The van der Waals surface area contributed by atoms with Crippen LogP contribution < -0.4 is 5.73 Å². The van der Waals surface area contributed by atoms with Gasteiger partial charge in [0, 0.05) is 79.8 Å². The summed E-state index contributed by atoms with van der Waals surface area (Å²) in [7, 11) is 5.25. The van der Waals surface area contributed by atoms with E-state index in [0.717, 1.165) is 33.4 Å². The first kappa shape index (κ1) is 21.1. The lowest BCUT2D eigenvalue weighted by molar-refractivity contribution is 0.0827. The molecule has 0 spiro atoms. The van der Waals surface area contributed by atoms with E-state index >= 15 is 0 Å². The molecule has 0 fully saturated rings. The first-order chi connectivity index (χ1) is 16.4. The highest BCUT2D eigenvalue weighted by atomic mass is 16.2. The topological polar surface area (TPSA) is 129 Å². The third-order valence-electron chi connectivity index (χ3n) is 5.46. The van der Waals surface area contributed by atoms with Crippen molar-refractivity contribution in [3.8, 4) is 33.6 Å². The number of hydrogen-bond donors (Lipinski definition) is 1. The van der Waals surface area contributed by atoms with E-state index in [1.54, 1.807) is 61.9 Å². The van der Waals surface area contributed by atoms with Gasteiger partial charge in [0.2, 0.25) is 0 Å². The van der Waals surface area contributed by atoms with Crippen molar-refractivity contribution >= 4 is 22.8 Å². The fourth-order valence-corrected chi connectivity index (χ4v) is 3.71. The minimum atomic E-state index is -0.116. The smallest absolute Gasteiger partial charge is 0.254 e. The average molecular weight is 451 g/mol. The molecular formula is C24H21N9O. The van der Waals surface area contributed by atoms with E-state index in [4.69, 9.17) is 5.73 Å². The number of fused-ring (bicyclic) bond motifs is 1. The number of hydrogen-bond acceptors (Lipinski definition) is 8. The standard InChI is InChI=1S/C24H21N9O/c1-32(2)24(34)14-4-5-20(28-10-14)18-6-15(11-29-22(18)25)16-7-19-21(17-8-26-13-27-9-17)31-33(3)23(19)30-12-16/h4-13H,1-3H3,(H2,25,29). The van der Waals surface area contributed by atoms with Crippen LogP contribution in [0.5, 0.6) is 0 Å². The Bertz CT molecular complexity index is 1510. The van der Waals surface area contributed by atoms with Crippen LogP contribution in [0.2, 0.25) is 0 Å². The minimum absolute atomic E-state index is 0.116. The fraction of sp³-hybridized carbons (Fsp3) is 0.125. The zero-order chi connectivity index (χ0) is 23.8. The van der Waals surface area contributed by atoms with E-state index in [-0.39, 0.29) is 5.91 Å². The zero-order valence-electron chi connectivity index (χ0n) is 18.8. The Morgan fingerprint density at radius 1 is 0.912 bits per heavy atom. The van der Waals surface area contributed by atoms with Crippen LogP contribution in [-0.2, 0) is 7.05 Å². The highest BCUT2D eigenvalue weighted by Crippen LogP contribution is 2.32. The molecule has 0 atom stereocenters. The summed E-state index contributed by atoms with van der Waals surface area (Å²) in [6.45, 7) is 0. The summed E-state index contributed by atoms with van der Waals surface area (Å²) in [6, 6.07) is 7.43. The molecule has 5 heterocycles. The Hall–Kier alpha value is -4.73. The van der Waals surface area contributed by atoms with Crippen LogP contribution in [0.25, 0.3) is 44.7 Å². The van der Waals surface area contributed by atoms with E-state index in [2.05, 4.69) is 30.0 Å². The number of nitrogens with zero attached hydrogens (tertiary/aromatic N) is 8. The summed E-state index contributed by atoms with van der Waals surface area (Å²) < 4.78 is 1.73. The molecule has 0 aliphatic heterocycles. The number of nitrogen functional groups attached to an aromatic ring is 1. The number of aryl methyl sites for hydroxylation is 1. The number of carbonyl (C=O) groups excluding carboxylic acids is 1. The molecule has 0 bridgehead atoms. The third kappa shape index (κ3) is 3.71. The van der Waals surface area contributed by atoms with Gasteiger partial charge in [-0.2, -0.15) is 5.10 Å². The lowest BCUT2D eigenvalue weighted by atomic mass is 10.0. The Morgan fingerprint density at radius 3 is 2.35 bits per heavy atom. The molecule has 168 valence electrons. The summed E-state index contributed by atoms with van der Waals surface area (Å²) in [6.07, 6.45) is 9.95. The minimum Gasteiger partial charge on any atom is -0.383 e. The maximum Gasteiger partial charge on any atom is 0.254 e. The van der Waals surface area contributed by atoms with Crippen LogP contribution in [0, 0.1) is 0 Å². The van der Waals surface area contributed by atoms with Crippen LogP contribution in [0.1, 0.15) is 10.4 Å². The summed E-state index contributed by atoms with van der Waals surface area (Å²) in [5.74, 6) is 0.231. The largest absolute Gasteiger partial charge is 0.383 e. The Labute approximate surface area is 195 Å². The fourth-order valence-electron chi connectivity index (χ4n) is 3.71. The van der Waals surface area contributed by atoms with Gasteiger partial charge in [-0.25, -0.2) is 24.6 Å². The number of aromatic nitrogens is 7. The van der Waals surface area contributed by atoms with E-state index in [9.17, 15) is 4.79 Å². The summed E-state index contributed by atoms with van der Waals surface area (Å²) in [5, 5.41) is 5.48. The van der Waals surface area contributed by atoms with Crippen LogP contribution in [0.3, 0.4) is 0 Å². The number of carbonyl (C=O) groups is 1. The second kappa shape index (κ2) is 8.32. The molecule has 0 aliphatic carbocycles. The highest BCUT2D eigenvalue weighted by Gasteiger charge is 2.16. The quantitative estimate of drug-likeness (QED) is 0.442. The number of amides is 1. The molecule has 5 aromatic heterocycles. The number of nitrogens with two attached hydrogens (primary N) is 1. The molecule has 0 unspecified atom stereocenters. The monoisotopic (exact) mass is 451 g/mol. The van der Waals surface area contributed by atoms with Gasteiger partial charge in [0.1, 0.15) is 17.8 Å². The molecule has 0 aromatic carbocycles. The third-order valence-corrected chi connectivity index (χ3v) is 5.46. The number of rotatable bonds is 4.